The van der Waals surface area contributed by atoms with Crippen LogP contribution in [0.2, 0.25) is 5.02 Å². The molecule has 0 atom stereocenters. The van der Waals surface area contributed by atoms with Crippen LogP contribution in [0.4, 0.5) is 10.1 Å². The lowest BCUT2D eigenvalue weighted by molar-refractivity contribution is 0.102. The molecule has 0 aliphatic heterocycles. The number of amides is 1. The number of halogens is 2. The SMILES string of the molecule is C/C=C/Cc1c(C)nc(C)c(C(=O)Nc2c(CC)cc(F)cc2CC)c1Cl. The summed E-state index contributed by atoms with van der Waals surface area (Å²) in [6, 6.07) is 2.93. The van der Waals surface area contributed by atoms with Crippen LogP contribution in [-0.4, -0.2) is 10.9 Å². The lowest BCUT2D eigenvalue weighted by atomic mass is 10.0. The van der Waals surface area contributed by atoms with Gasteiger partial charge in [0.25, 0.3) is 5.91 Å². The van der Waals surface area contributed by atoms with Gasteiger partial charge in [-0.1, -0.05) is 37.6 Å². The van der Waals surface area contributed by atoms with Crippen molar-refractivity contribution in [2.75, 3.05) is 5.32 Å². The Labute approximate surface area is 165 Å². The lowest BCUT2D eigenvalue weighted by Crippen LogP contribution is -2.18. The first-order valence-corrected chi connectivity index (χ1v) is 9.61. The van der Waals surface area contributed by atoms with E-state index in [-0.39, 0.29) is 11.7 Å². The fourth-order valence-corrected chi connectivity index (χ4v) is 3.64. The zero-order valence-corrected chi connectivity index (χ0v) is 17.3. The van der Waals surface area contributed by atoms with E-state index >= 15 is 0 Å². The monoisotopic (exact) mass is 388 g/mol. The van der Waals surface area contributed by atoms with Gasteiger partial charge in [-0.25, -0.2) is 4.39 Å². The molecule has 0 radical (unpaired) electrons. The van der Waals surface area contributed by atoms with Crippen molar-refractivity contribution < 1.29 is 9.18 Å². The highest BCUT2D eigenvalue weighted by molar-refractivity contribution is 6.35. The van der Waals surface area contributed by atoms with Gasteiger partial charge in [0.2, 0.25) is 0 Å². The number of nitrogens with zero attached hydrogens (tertiary/aromatic N) is 1. The van der Waals surface area contributed by atoms with Crippen LogP contribution in [0, 0.1) is 19.7 Å². The zero-order valence-electron chi connectivity index (χ0n) is 16.5. The van der Waals surface area contributed by atoms with Gasteiger partial charge >= 0.3 is 0 Å². The van der Waals surface area contributed by atoms with Crippen LogP contribution in [-0.2, 0) is 19.3 Å². The minimum Gasteiger partial charge on any atom is -0.321 e. The summed E-state index contributed by atoms with van der Waals surface area (Å²) < 4.78 is 13.8. The molecule has 1 aromatic heterocycles. The Bertz CT molecular complexity index is 865. The van der Waals surface area contributed by atoms with Crippen molar-refractivity contribution >= 4 is 23.2 Å². The first-order chi connectivity index (χ1) is 12.8. The number of hydrogen-bond acceptors (Lipinski definition) is 2. The molecule has 1 heterocycles. The summed E-state index contributed by atoms with van der Waals surface area (Å²) in [4.78, 5) is 17.6. The van der Waals surface area contributed by atoms with E-state index in [0.717, 1.165) is 22.4 Å². The number of aromatic nitrogens is 1. The molecule has 5 heteroatoms. The second kappa shape index (κ2) is 9.14. The van der Waals surface area contributed by atoms with Gasteiger partial charge in [0.15, 0.2) is 0 Å². The number of carbonyl (C=O) groups excluding carboxylic acids is 1. The Morgan fingerprint density at radius 1 is 1.19 bits per heavy atom. The maximum Gasteiger partial charge on any atom is 0.259 e. The molecule has 1 amide bonds. The van der Waals surface area contributed by atoms with Crippen molar-refractivity contribution in [3.05, 3.63) is 68.8 Å². The average molecular weight is 389 g/mol. The van der Waals surface area contributed by atoms with Crippen molar-refractivity contribution in [3.63, 3.8) is 0 Å². The van der Waals surface area contributed by atoms with Crippen molar-refractivity contribution in [2.24, 2.45) is 0 Å². The van der Waals surface area contributed by atoms with Crippen molar-refractivity contribution in [1.82, 2.24) is 4.98 Å². The van der Waals surface area contributed by atoms with Crippen molar-refractivity contribution in [2.45, 2.75) is 53.9 Å². The summed E-state index contributed by atoms with van der Waals surface area (Å²) in [5, 5.41) is 3.39. The van der Waals surface area contributed by atoms with Gasteiger partial charge in [0, 0.05) is 11.4 Å². The maximum atomic E-state index is 13.8. The summed E-state index contributed by atoms with van der Waals surface area (Å²) in [6.45, 7) is 9.48. The second-order valence-electron chi connectivity index (χ2n) is 6.48. The number of allylic oxidation sites excluding steroid dienone is 2. The van der Waals surface area contributed by atoms with Crippen LogP contribution in [0.5, 0.6) is 0 Å². The predicted molar refractivity (Wildman–Crippen MR) is 110 cm³/mol. The van der Waals surface area contributed by atoms with Crippen molar-refractivity contribution in [1.29, 1.82) is 0 Å². The number of rotatable bonds is 6. The minimum atomic E-state index is -0.317. The largest absolute Gasteiger partial charge is 0.321 e. The highest BCUT2D eigenvalue weighted by Gasteiger charge is 2.21. The third-order valence-corrected chi connectivity index (χ3v) is 5.09. The van der Waals surface area contributed by atoms with E-state index in [1.54, 1.807) is 6.92 Å². The highest BCUT2D eigenvalue weighted by Crippen LogP contribution is 2.30. The molecule has 144 valence electrons. The topological polar surface area (TPSA) is 42.0 Å². The van der Waals surface area contributed by atoms with Gasteiger partial charge < -0.3 is 5.32 Å². The molecule has 2 rings (SSSR count). The second-order valence-corrected chi connectivity index (χ2v) is 6.86. The van der Waals surface area contributed by atoms with E-state index in [9.17, 15) is 9.18 Å². The van der Waals surface area contributed by atoms with E-state index in [1.165, 1.54) is 12.1 Å². The van der Waals surface area contributed by atoms with Gasteiger partial charge in [-0.2, -0.15) is 0 Å². The number of hydrogen-bond donors (Lipinski definition) is 1. The quantitative estimate of drug-likeness (QED) is 0.618. The van der Waals surface area contributed by atoms with Gasteiger partial charge in [0.1, 0.15) is 5.82 Å². The molecule has 0 aliphatic rings. The lowest BCUT2D eigenvalue weighted by Gasteiger charge is -2.18. The number of nitrogens with one attached hydrogen (secondary N) is 1. The molecule has 0 spiro atoms. The third-order valence-electron chi connectivity index (χ3n) is 4.67. The smallest absolute Gasteiger partial charge is 0.259 e. The Hall–Kier alpha value is -2.20. The van der Waals surface area contributed by atoms with Crippen LogP contribution >= 0.6 is 11.6 Å². The molecule has 1 N–H and O–H groups in total. The van der Waals surface area contributed by atoms with E-state index in [0.29, 0.717) is 41.2 Å². The fraction of sp³-hybridized carbons (Fsp3) is 0.364. The first-order valence-electron chi connectivity index (χ1n) is 9.23. The molecule has 0 bridgehead atoms. The molecular weight excluding hydrogens is 363 g/mol. The number of pyridine rings is 1. The molecule has 1 aromatic carbocycles. The van der Waals surface area contributed by atoms with Crippen LogP contribution in [0.3, 0.4) is 0 Å². The Morgan fingerprint density at radius 2 is 1.78 bits per heavy atom. The molecule has 0 unspecified atom stereocenters. The molecule has 0 saturated heterocycles. The minimum absolute atomic E-state index is 0.290. The Kier molecular flexibility index (Phi) is 7.14. The van der Waals surface area contributed by atoms with E-state index < -0.39 is 0 Å². The molecule has 2 aromatic rings. The van der Waals surface area contributed by atoms with Crippen LogP contribution < -0.4 is 5.32 Å². The molecule has 27 heavy (non-hydrogen) atoms. The predicted octanol–water partition coefficient (Wildman–Crippen LogP) is 5.99. The summed E-state index contributed by atoms with van der Waals surface area (Å²) in [5.74, 6) is -0.607. The maximum absolute atomic E-state index is 13.8. The summed E-state index contributed by atoms with van der Waals surface area (Å²) in [7, 11) is 0. The molecule has 0 saturated carbocycles. The molecule has 0 aliphatic carbocycles. The number of carbonyl (C=O) groups is 1. The van der Waals surface area contributed by atoms with E-state index in [4.69, 9.17) is 11.6 Å². The normalized spacial score (nSPS) is 11.2. The summed E-state index contributed by atoms with van der Waals surface area (Å²) >= 11 is 6.59. The number of benzene rings is 1. The van der Waals surface area contributed by atoms with Gasteiger partial charge in [-0.3, -0.25) is 9.78 Å². The van der Waals surface area contributed by atoms with Crippen LogP contribution in [0.15, 0.2) is 24.3 Å². The molecule has 0 fully saturated rings. The van der Waals surface area contributed by atoms with E-state index in [2.05, 4.69) is 10.3 Å². The van der Waals surface area contributed by atoms with Crippen LogP contribution in [0.25, 0.3) is 0 Å². The standard InChI is InChI=1S/C22H26ClFN2O/c1-6-9-10-18-13(4)25-14(5)19(20(18)23)22(27)26-21-15(7-2)11-17(24)12-16(21)8-3/h6,9,11-12H,7-8,10H2,1-5H3,(H,26,27)/b9-6+. The summed E-state index contributed by atoms with van der Waals surface area (Å²) in [5.41, 5.74) is 4.81. The number of aryl methyl sites for hydroxylation is 4. The van der Waals surface area contributed by atoms with Gasteiger partial charge in [-0.15, -0.1) is 0 Å². The molecular formula is C22H26ClFN2O. The molecule has 3 nitrogen and oxygen atoms in total. The van der Waals surface area contributed by atoms with Gasteiger partial charge in [0.05, 0.1) is 16.3 Å². The Balaban J connectivity index is 2.51. The average Bonchev–Trinajstić information content (AvgIpc) is 2.62. The summed E-state index contributed by atoms with van der Waals surface area (Å²) in [6.07, 6.45) is 5.77. The van der Waals surface area contributed by atoms with E-state index in [1.807, 2.05) is 39.8 Å². The van der Waals surface area contributed by atoms with Crippen LogP contribution in [0.1, 0.15) is 59.2 Å². The highest BCUT2D eigenvalue weighted by atomic mass is 35.5. The first kappa shape index (κ1) is 21.1. The third kappa shape index (κ3) is 4.56. The fourth-order valence-electron chi connectivity index (χ4n) is 3.20. The number of anilines is 1. The van der Waals surface area contributed by atoms with Gasteiger partial charge in [-0.05, 0) is 68.9 Å². The van der Waals surface area contributed by atoms with Crippen molar-refractivity contribution in [3.8, 4) is 0 Å². The zero-order chi connectivity index (χ0) is 20.1. The Morgan fingerprint density at radius 3 is 2.30 bits per heavy atom.